The second-order valence-corrected chi connectivity index (χ2v) is 5.01. The molecular formula is C16H21ClN2O2. The van der Waals surface area contributed by atoms with Crippen molar-refractivity contribution in [2.45, 2.75) is 33.7 Å². The van der Waals surface area contributed by atoms with Gasteiger partial charge < -0.3 is 14.0 Å². The van der Waals surface area contributed by atoms with Crippen LogP contribution in [0.1, 0.15) is 27.2 Å². The van der Waals surface area contributed by atoms with Crippen molar-refractivity contribution < 1.29 is 9.47 Å². The lowest BCUT2D eigenvalue weighted by molar-refractivity contribution is 0.277. The number of hydrogen-bond acceptors (Lipinski definition) is 3. The summed E-state index contributed by atoms with van der Waals surface area (Å²) < 4.78 is 13.5. The Labute approximate surface area is 130 Å². The zero-order valence-corrected chi connectivity index (χ0v) is 13.5. The fraction of sp³-hybridized carbons (Fsp3) is 0.438. The minimum atomic E-state index is 0.551. The van der Waals surface area contributed by atoms with E-state index in [-0.39, 0.29) is 0 Å². The molecule has 4 nitrogen and oxygen atoms in total. The number of imidazole rings is 1. The highest BCUT2D eigenvalue weighted by Crippen LogP contribution is 2.39. The topological polar surface area (TPSA) is 36.3 Å². The van der Waals surface area contributed by atoms with Crippen LogP contribution in [-0.2, 0) is 6.54 Å². The summed E-state index contributed by atoms with van der Waals surface area (Å²) >= 11 is 6.38. The van der Waals surface area contributed by atoms with Crippen LogP contribution in [0.4, 0.5) is 0 Å². The molecular weight excluding hydrogens is 288 g/mol. The molecule has 0 saturated carbocycles. The Morgan fingerprint density at radius 1 is 1.19 bits per heavy atom. The molecule has 0 atom stereocenters. The molecule has 0 spiro atoms. The van der Waals surface area contributed by atoms with E-state index in [0.717, 1.165) is 24.4 Å². The van der Waals surface area contributed by atoms with E-state index in [9.17, 15) is 0 Å². The summed E-state index contributed by atoms with van der Waals surface area (Å²) in [5.74, 6) is 2.15. The van der Waals surface area contributed by atoms with Crippen LogP contribution in [0.25, 0.3) is 11.4 Å². The van der Waals surface area contributed by atoms with Crippen LogP contribution in [0.5, 0.6) is 11.5 Å². The molecule has 0 aliphatic carbocycles. The largest absolute Gasteiger partial charge is 0.490 e. The highest BCUT2D eigenvalue weighted by Gasteiger charge is 2.15. The lowest BCUT2D eigenvalue weighted by atomic mass is 10.2. The first-order valence-electron chi connectivity index (χ1n) is 7.31. The molecule has 1 aromatic carbocycles. The summed E-state index contributed by atoms with van der Waals surface area (Å²) in [4.78, 5) is 4.40. The number of rotatable bonds is 7. The van der Waals surface area contributed by atoms with Gasteiger partial charge in [0.2, 0.25) is 0 Å². The van der Waals surface area contributed by atoms with Gasteiger partial charge >= 0.3 is 0 Å². The van der Waals surface area contributed by atoms with Gasteiger partial charge in [-0.2, -0.15) is 0 Å². The molecule has 0 fully saturated rings. The number of benzene rings is 1. The van der Waals surface area contributed by atoms with E-state index >= 15 is 0 Å². The van der Waals surface area contributed by atoms with Gasteiger partial charge in [0.1, 0.15) is 5.82 Å². The third-order valence-electron chi connectivity index (χ3n) is 3.07. The van der Waals surface area contributed by atoms with Gasteiger partial charge in [0, 0.05) is 24.5 Å². The molecule has 1 heterocycles. The monoisotopic (exact) mass is 308 g/mol. The summed E-state index contributed by atoms with van der Waals surface area (Å²) in [5, 5.41) is 0.551. The average molecular weight is 309 g/mol. The van der Waals surface area contributed by atoms with Crippen molar-refractivity contribution in [3.05, 3.63) is 29.5 Å². The van der Waals surface area contributed by atoms with E-state index in [2.05, 4.69) is 23.4 Å². The quantitative estimate of drug-likeness (QED) is 0.760. The van der Waals surface area contributed by atoms with Crippen molar-refractivity contribution in [3.63, 3.8) is 0 Å². The second kappa shape index (κ2) is 7.36. The second-order valence-electron chi connectivity index (χ2n) is 4.60. The number of halogens is 1. The van der Waals surface area contributed by atoms with Gasteiger partial charge in [-0.1, -0.05) is 18.5 Å². The molecule has 114 valence electrons. The minimum absolute atomic E-state index is 0.551. The van der Waals surface area contributed by atoms with Gasteiger partial charge in [-0.25, -0.2) is 4.98 Å². The molecule has 21 heavy (non-hydrogen) atoms. The van der Waals surface area contributed by atoms with Crippen LogP contribution in [0.15, 0.2) is 24.5 Å². The lowest BCUT2D eigenvalue weighted by Gasteiger charge is -2.15. The fourth-order valence-electron chi connectivity index (χ4n) is 2.13. The molecule has 0 amide bonds. The van der Waals surface area contributed by atoms with Crippen molar-refractivity contribution in [2.75, 3.05) is 13.2 Å². The lowest BCUT2D eigenvalue weighted by Crippen LogP contribution is -2.02. The SMILES string of the molecule is CCCOc1c(Cl)cc(-c2nccn2CC)cc1OCC. The van der Waals surface area contributed by atoms with Gasteiger partial charge in [-0.05, 0) is 32.4 Å². The summed E-state index contributed by atoms with van der Waals surface area (Å²) in [6, 6.07) is 3.82. The van der Waals surface area contributed by atoms with Gasteiger partial charge in [-0.3, -0.25) is 0 Å². The molecule has 1 aromatic heterocycles. The average Bonchev–Trinajstić information content (AvgIpc) is 2.95. The van der Waals surface area contributed by atoms with Crippen LogP contribution in [0, 0.1) is 0 Å². The molecule has 2 aromatic rings. The van der Waals surface area contributed by atoms with E-state index in [0.29, 0.717) is 29.7 Å². The van der Waals surface area contributed by atoms with Gasteiger partial charge in [0.25, 0.3) is 0 Å². The summed E-state index contributed by atoms with van der Waals surface area (Å²) in [6.45, 7) is 8.10. The highest BCUT2D eigenvalue weighted by atomic mass is 35.5. The Hall–Kier alpha value is -1.68. The van der Waals surface area contributed by atoms with Crippen LogP contribution in [0.2, 0.25) is 5.02 Å². The van der Waals surface area contributed by atoms with Gasteiger partial charge in [-0.15, -0.1) is 0 Å². The van der Waals surface area contributed by atoms with Crippen LogP contribution in [0.3, 0.4) is 0 Å². The maximum atomic E-state index is 6.38. The summed E-state index contributed by atoms with van der Waals surface area (Å²) in [7, 11) is 0. The fourth-order valence-corrected chi connectivity index (χ4v) is 2.39. The Morgan fingerprint density at radius 2 is 2.00 bits per heavy atom. The molecule has 0 N–H and O–H groups in total. The van der Waals surface area contributed by atoms with Crippen LogP contribution < -0.4 is 9.47 Å². The first kappa shape index (κ1) is 15.7. The Morgan fingerprint density at radius 3 is 2.67 bits per heavy atom. The zero-order valence-electron chi connectivity index (χ0n) is 12.7. The highest BCUT2D eigenvalue weighted by molar-refractivity contribution is 6.32. The first-order chi connectivity index (χ1) is 10.2. The molecule has 0 unspecified atom stereocenters. The van der Waals surface area contributed by atoms with Gasteiger partial charge in [0.05, 0.1) is 18.2 Å². The normalized spacial score (nSPS) is 10.7. The van der Waals surface area contributed by atoms with Crippen molar-refractivity contribution in [3.8, 4) is 22.9 Å². The maximum absolute atomic E-state index is 6.38. The number of aromatic nitrogens is 2. The molecule has 0 aliphatic rings. The van der Waals surface area contributed by atoms with E-state index in [4.69, 9.17) is 21.1 Å². The third kappa shape index (κ3) is 3.50. The number of hydrogen-bond donors (Lipinski definition) is 0. The smallest absolute Gasteiger partial charge is 0.179 e. The van der Waals surface area contributed by atoms with Gasteiger partial charge in [0.15, 0.2) is 11.5 Å². The Balaban J connectivity index is 2.45. The molecule has 0 bridgehead atoms. The number of aryl methyl sites for hydroxylation is 1. The number of nitrogens with zero attached hydrogens (tertiary/aromatic N) is 2. The minimum Gasteiger partial charge on any atom is -0.490 e. The van der Waals surface area contributed by atoms with Crippen molar-refractivity contribution >= 4 is 11.6 Å². The van der Waals surface area contributed by atoms with Crippen molar-refractivity contribution in [2.24, 2.45) is 0 Å². The van der Waals surface area contributed by atoms with Crippen LogP contribution in [-0.4, -0.2) is 22.8 Å². The Bertz CT molecular complexity index is 596. The predicted molar refractivity (Wildman–Crippen MR) is 85.3 cm³/mol. The van der Waals surface area contributed by atoms with Crippen molar-refractivity contribution in [1.82, 2.24) is 9.55 Å². The molecule has 0 aliphatic heterocycles. The Kier molecular flexibility index (Phi) is 5.51. The summed E-state index contributed by atoms with van der Waals surface area (Å²) in [6.07, 6.45) is 4.66. The zero-order chi connectivity index (χ0) is 15.2. The molecule has 5 heteroatoms. The van der Waals surface area contributed by atoms with E-state index < -0.39 is 0 Å². The third-order valence-corrected chi connectivity index (χ3v) is 3.36. The molecule has 2 rings (SSSR count). The first-order valence-corrected chi connectivity index (χ1v) is 7.69. The summed E-state index contributed by atoms with van der Waals surface area (Å²) in [5.41, 5.74) is 0.930. The van der Waals surface area contributed by atoms with E-state index in [1.807, 2.05) is 25.3 Å². The van der Waals surface area contributed by atoms with E-state index in [1.54, 1.807) is 6.20 Å². The van der Waals surface area contributed by atoms with Crippen molar-refractivity contribution in [1.29, 1.82) is 0 Å². The standard InChI is InChI=1S/C16H21ClN2O2/c1-4-9-21-15-13(17)10-12(11-14(15)20-6-3)16-18-7-8-19(16)5-2/h7-8,10-11H,4-6,9H2,1-3H3. The van der Waals surface area contributed by atoms with Crippen LogP contribution >= 0.6 is 11.6 Å². The van der Waals surface area contributed by atoms with E-state index in [1.165, 1.54) is 0 Å². The maximum Gasteiger partial charge on any atom is 0.179 e. The predicted octanol–water partition coefficient (Wildman–Crippen LogP) is 4.41. The molecule has 0 saturated heterocycles. The number of ether oxygens (including phenoxy) is 2. The molecule has 0 radical (unpaired) electrons.